The van der Waals surface area contributed by atoms with Crippen molar-refractivity contribution in [1.82, 2.24) is 0 Å². The van der Waals surface area contributed by atoms with E-state index in [0.29, 0.717) is 34.7 Å². The predicted molar refractivity (Wildman–Crippen MR) is 65.0 cm³/mol. The zero-order valence-corrected chi connectivity index (χ0v) is 10.8. The van der Waals surface area contributed by atoms with Crippen molar-refractivity contribution in [2.45, 2.75) is 13.8 Å². The number of halogens is 1. The smallest absolute Gasteiger partial charge is 0.252 e. The van der Waals surface area contributed by atoms with E-state index in [-0.39, 0.29) is 0 Å². The van der Waals surface area contributed by atoms with Crippen molar-refractivity contribution in [2.24, 2.45) is 5.73 Å². The van der Waals surface area contributed by atoms with Crippen LogP contribution in [-0.4, -0.2) is 19.1 Å². The predicted octanol–water partition coefficient (Wildman–Crippen LogP) is 2.35. The molecular weight excluding hydrogens is 274 g/mol. The number of carbonyl (C=O) groups excluding carboxylic acids is 1. The van der Waals surface area contributed by atoms with E-state index in [0.717, 1.165) is 0 Å². The molecule has 0 aliphatic heterocycles. The monoisotopic (exact) mass is 287 g/mol. The van der Waals surface area contributed by atoms with Crippen molar-refractivity contribution in [3.63, 3.8) is 0 Å². The molecule has 2 N–H and O–H groups in total. The van der Waals surface area contributed by atoms with Crippen molar-refractivity contribution in [3.8, 4) is 11.5 Å². The fourth-order valence-electron chi connectivity index (χ4n) is 1.27. The van der Waals surface area contributed by atoms with Gasteiger partial charge in [-0.25, -0.2) is 0 Å². The Morgan fingerprint density at radius 1 is 1.25 bits per heavy atom. The molecule has 0 bridgehead atoms. The Morgan fingerprint density at radius 2 is 1.81 bits per heavy atom. The molecule has 1 rings (SSSR count). The van der Waals surface area contributed by atoms with E-state index in [1.165, 1.54) is 0 Å². The van der Waals surface area contributed by atoms with Gasteiger partial charge in [0.15, 0.2) is 0 Å². The van der Waals surface area contributed by atoms with Crippen molar-refractivity contribution >= 4 is 21.8 Å². The molecule has 0 radical (unpaired) electrons. The molecule has 0 saturated heterocycles. The molecular formula is C11H14BrNO3. The summed E-state index contributed by atoms with van der Waals surface area (Å²) in [5.74, 6) is 0.560. The number of amides is 1. The van der Waals surface area contributed by atoms with Crippen molar-refractivity contribution in [1.29, 1.82) is 0 Å². The second-order valence-corrected chi connectivity index (χ2v) is 3.86. The second-order valence-electron chi connectivity index (χ2n) is 3.01. The molecule has 5 heteroatoms. The van der Waals surface area contributed by atoms with Gasteiger partial charge in [0.1, 0.15) is 11.5 Å². The highest BCUT2D eigenvalue weighted by Crippen LogP contribution is 2.33. The molecule has 16 heavy (non-hydrogen) atoms. The van der Waals surface area contributed by atoms with Gasteiger partial charge in [0.2, 0.25) is 0 Å². The van der Waals surface area contributed by atoms with Crippen molar-refractivity contribution in [2.75, 3.05) is 13.2 Å². The van der Waals surface area contributed by atoms with Crippen LogP contribution in [0.5, 0.6) is 11.5 Å². The minimum Gasteiger partial charge on any atom is -0.493 e. The molecule has 0 fully saturated rings. The van der Waals surface area contributed by atoms with E-state index in [9.17, 15) is 4.79 Å². The zero-order chi connectivity index (χ0) is 12.1. The number of hydrogen-bond acceptors (Lipinski definition) is 3. The fourth-order valence-corrected chi connectivity index (χ4v) is 1.73. The van der Waals surface area contributed by atoms with Crippen LogP contribution in [0.25, 0.3) is 0 Å². The summed E-state index contributed by atoms with van der Waals surface area (Å²) in [5, 5.41) is 0. The molecule has 1 aromatic carbocycles. The number of primary amides is 1. The van der Waals surface area contributed by atoms with Gasteiger partial charge in [-0.05, 0) is 35.8 Å². The Hall–Kier alpha value is -1.23. The van der Waals surface area contributed by atoms with Gasteiger partial charge in [-0.1, -0.05) is 0 Å². The SMILES string of the molecule is CCOc1cc(OCC)c(C(N)=O)cc1Br. The average molecular weight is 288 g/mol. The Labute approximate surface area is 103 Å². The van der Waals surface area contributed by atoms with Crippen LogP contribution < -0.4 is 15.2 Å². The third kappa shape index (κ3) is 2.88. The maximum atomic E-state index is 11.2. The quantitative estimate of drug-likeness (QED) is 0.904. The first-order valence-electron chi connectivity index (χ1n) is 4.99. The molecule has 0 aliphatic carbocycles. The summed E-state index contributed by atoms with van der Waals surface area (Å²) in [6.07, 6.45) is 0. The summed E-state index contributed by atoms with van der Waals surface area (Å²) in [6.45, 7) is 4.73. The van der Waals surface area contributed by atoms with Crippen LogP contribution in [0.15, 0.2) is 16.6 Å². The topological polar surface area (TPSA) is 61.6 Å². The van der Waals surface area contributed by atoms with E-state index in [4.69, 9.17) is 15.2 Å². The average Bonchev–Trinajstić information content (AvgIpc) is 2.23. The van der Waals surface area contributed by atoms with Gasteiger partial charge in [0.25, 0.3) is 5.91 Å². The molecule has 0 heterocycles. The molecule has 0 unspecified atom stereocenters. The minimum atomic E-state index is -0.521. The molecule has 4 nitrogen and oxygen atoms in total. The summed E-state index contributed by atoms with van der Waals surface area (Å²) >= 11 is 3.31. The summed E-state index contributed by atoms with van der Waals surface area (Å²) < 4.78 is 11.4. The fraction of sp³-hybridized carbons (Fsp3) is 0.364. The van der Waals surface area contributed by atoms with E-state index in [1.54, 1.807) is 12.1 Å². The van der Waals surface area contributed by atoms with Gasteiger partial charge < -0.3 is 15.2 Å². The third-order valence-electron chi connectivity index (χ3n) is 1.90. The number of rotatable bonds is 5. The lowest BCUT2D eigenvalue weighted by Crippen LogP contribution is -2.13. The van der Waals surface area contributed by atoms with Gasteiger partial charge in [-0.15, -0.1) is 0 Å². The van der Waals surface area contributed by atoms with Gasteiger partial charge >= 0.3 is 0 Å². The standard InChI is InChI=1S/C11H14BrNO3/c1-3-15-9-6-10(16-4-2)8(12)5-7(9)11(13)14/h5-6H,3-4H2,1-2H3,(H2,13,14). The van der Waals surface area contributed by atoms with Crippen molar-refractivity contribution in [3.05, 3.63) is 22.2 Å². The summed E-state index contributed by atoms with van der Waals surface area (Å²) in [6, 6.07) is 3.27. The van der Waals surface area contributed by atoms with E-state index < -0.39 is 5.91 Å². The highest BCUT2D eigenvalue weighted by atomic mass is 79.9. The molecule has 1 aromatic rings. The van der Waals surface area contributed by atoms with Crippen LogP contribution in [0.4, 0.5) is 0 Å². The molecule has 0 saturated carbocycles. The molecule has 0 aliphatic rings. The van der Waals surface area contributed by atoms with E-state index in [2.05, 4.69) is 15.9 Å². The highest BCUT2D eigenvalue weighted by molar-refractivity contribution is 9.10. The Kier molecular flexibility index (Phi) is 4.61. The Morgan fingerprint density at radius 3 is 2.31 bits per heavy atom. The zero-order valence-electron chi connectivity index (χ0n) is 9.25. The van der Waals surface area contributed by atoms with Crippen LogP contribution in [0, 0.1) is 0 Å². The highest BCUT2D eigenvalue weighted by Gasteiger charge is 2.14. The van der Waals surface area contributed by atoms with Crippen LogP contribution in [-0.2, 0) is 0 Å². The van der Waals surface area contributed by atoms with Crippen LogP contribution >= 0.6 is 15.9 Å². The lowest BCUT2D eigenvalue weighted by Gasteiger charge is -2.12. The van der Waals surface area contributed by atoms with Gasteiger partial charge in [-0.2, -0.15) is 0 Å². The normalized spacial score (nSPS) is 9.94. The van der Waals surface area contributed by atoms with Crippen LogP contribution in [0.1, 0.15) is 24.2 Å². The number of carbonyl (C=O) groups is 1. The number of nitrogens with two attached hydrogens (primary N) is 1. The second kappa shape index (κ2) is 5.75. The first-order valence-corrected chi connectivity index (χ1v) is 5.78. The lowest BCUT2D eigenvalue weighted by atomic mass is 10.2. The molecule has 0 aromatic heterocycles. The number of benzene rings is 1. The maximum Gasteiger partial charge on any atom is 0.252 e. The first kappa shape index (κ1) is 12.8. The largest absolute Gasteiger partial charge is 0.493 e. The third-order valence-corrected chi connectivity index (χ3v) is 2.52. The summed E-state index contributed by atoms with van der Waals surface area (Å²) in [5.41, 5.74) is 5.60. The Bertz CT molecular complexity index is 393. The van der Waals surface area contributed by atoms with E-state index in [1.807, 2.05) is 13.8 Å². The number of ether oxygens (including phenoxy) is 2. The molecule has 0 atom stereocenters. The van der Waals surface area contributed by atoms with Crippen molar-refractivity contribution < 1.29 is 14.3 Å². The lowest BCUT2D eigenvalue weighted by molar-refractivity contribution is 0.0996. The van der Waals surface area contributed by atoms with Gasteiger partial charge in [0.05, 0.1) is 23.2 Å². The summed E-state index contributed by atoms with van der Waals surface area (Å²) in [4.78, 5) is 11.2. The van der Waals surface area contributed by atoms with E-state index >= 15 is 0 Å². The van der Waals surface area contributed by atoms with Gasteiger partial charge in [-0.3, -0.25) is 4.79 Å². The van der Waals surface area contributed by atoms with Gasteiger partial charge in [0, 0.05) is 6.07 Å². The van der Waals surface area contributed by atoms with Crippen LogP contribution in [0.2, 0.25) is 0 Å². The Balaban J connectivity index is 3.19. The first-order chi connectivity index (χ1) is 7.60. The molecule has 0 spiro atoms. The number of hydrogen-bond donors (Lipinski definition) is 1. The minimum absolute atomic E-state index is 0.345. The van der Waals surface area contributed by atoms with Crippen LogP contribution in [0.3, 0.4) is 0 Å². The molecule has 1 amide bonds. The summed E-state index contributed by atoms with van der Waals surface area (Å²) in [7, 11) is 0. The maximum absolute atomic E-state index is 11.2. The molecule has 88 valence electrons.